The average molecular weight is 338 g/mol. The maximum Gasteiger partial charge on any atom is 0.226 e. The molecule has 7 heteroatoms. The van der Waals surface area contributed by atoms with Crippen molar-refractivity contribution < 1.29 is 4.79 Å². The van der Waals surface area contributed by atoms with Crippen LogP contribution in [-0.4, -0.2) is 40.5 Å². The van der Waals surface area contributed by atoms with Gasteiger partial charge < -0.3 is 10.6 Å². The van der Waals surface area contributed by atoms with Crippen molar-refractivity contribution in [1.29, 1.82) is 0 Å². The Kier molecular flexibility index (Phi) is 8.29. The van der Waals surface area contributed by atoms with Crippen LogP contribution in [-0.2, 0) is 11.2 Å². The van der Waals surface area contributed by atoms with Gasteiger partial charge in [0.05, 0.1) is 23.5 Å². The van der Waals surface area contributed by atoms with Crippen molar-refractivity contribution in [2.24, 2.45) is 0 Å². The van der Waals surface area contributed by atoms with E-state index in [0.717, 1.165) is 30.9 Å². The van der Waals surface area contributed by atoms with Crippen LogP contribution in [0.5, 0.6) is 0 Å². The Morgan fingerprint density at radius 2 is 1.91 bits per heavy atom. The molecule has 0 atom stereocenters. The molecule has 126 valence electrons. The largest absolute Gasteiger partial charge is 0.354 e. The van der Waals surface area contributed by atoms with Crippen molar-refractivity contribution >= 4 is 18.3 Å². The molecule has 0 aliphatic rings. The summed E-state index contributed by atoms with van der Waals surface area (Å²) in [4.78, 5) is 11.9. The molecular weight excluding hydrogens is 314 g/mol. The van der Waals surface area contributed by atoms with Crippen LogP contribution >= 0.6 is 12.4 Å². The molecule has 0 aliphatic carbocycles. The number of nitrogens with zero attached hydrogens (tertiary/aromatic N) is 3. The lowest BCUT2D eigenvalue weighted by Crippen LogP contribution is -2.33. The lowest BCUT2D eigenvalue weighted by Gasteiger charge is -2.06. The fraction of sp³-hybridized carbons (Fsp3) is 0.438. The Morgan fingerprint density at radius 3 is 2.61 bits per heavy atom. The molecule has 0 fully saturated rings. The third-order valence-electron chi connectivity index (χ3n) is 3.37. The fourth-order valence-corrected chi connectivity index (χ4v) is 2.14. The molecule has 0 spiro atoms. The first-order chi connectivity index (χ1) is 10.7. The number of benzene rings is 1. The van der Waals surface area contributed by atoms with Crippen LogP contribution in [0.2, 0.25) is 0 Å². The predicted octanol–water partition coefficient (Wildman–Crippen LogP) is 1.66. The number of aromatic nitrogens is 3. The zero-order valence-corrected chi connectivity index (χ0v) is 14.4. The summed E-state index contributed by atoms with van der Waals surface area (Å²) in [6, 6.07) is 9.78. The van der Waals surface area contributed by atoms with Crippen LogP contribution in [0, 0.1) is 6.92 Å². The maximum atomic E-state index is 11.9. The van der Waals surface area contributed by atoms with E-state index in [0.29, 0.717) is 12.2 Å². The van der Waals surface area contributed by atoms with E-state index in [9.17, 15) is 4.79 Å². The number of para-hydroxylation sites is 1. The second kappa shape index (κ2) is 9.97. The van der Waals surface area contributed by atoms with E-state index in [1.54, 1.807) is 4.68 Å². The van der Waals surface area contributed by atoms with E-state index < -0.39 is 0 Å². The molecular formula is C16H24ClN5O. The zero-order valence-electron chi connectivity index (χ0n) is 13.6. The van der Waals surface area contributed by atoms with Gasteiger partial charge in [0.25, 0.3) is 0 Å². The first-order valence-electron chi connectivity index (χ1n) is 7.66. The van der Waals surface area contributed by atoms with Crippen molar-refractivity contribution in [3.63, 3.8) is 0 Å². The van der Waals surface area contributed by atoms with Gasteiger partial charge in [-0.1, -0.05) is 30.3 Å². The van der Waals surface area contributed by atoms with Gasteiger partial charge in [0, 0.05) is 13.1 Å². The SMILES string of the molecule is CCCNCCNC(=O)Cc1nnn(-c2ccccc2)c1C.Cl. The quantitative estimate of drug-likeness (QED) is 0.719. The molecule has 0 saturated heterocycles. The Hall–Kier alpha value is -1.92. The molecule has 2 rings (SSSR count). The van der Waals surface area contributed by atoms with Gasteiger partial charge in [0.2, 0.25) is 5.91 Å². The maximum absolute atomic E-state index is 11.9. The molecule has 0 bridgehead atoms. The van der Waals surface area contributed by atoms with E-state index in [-0.39, 0.29) is 24.7 Å². The second-order valence-electron chi connectivity index (χ2n) is 5.15. The molecule has 1 amide bonds. The van der Waals surface area contributed by atoms with Gasteiger partial charge in [-0.2, -0.15) is 0 Å². The van der Waals surface area contributed by atoms with Gasteiger partial charge in [-0.25, -0.2) is 4.68 Å². The summed E-state index contributed by atoms with van der Waals surface area (Å²) in [6.45, 7) is 6.43. The summed E-state index contributed by atoms with van der Waals surface area (Å²) in [5.41, 5.74) is 2.55. The number of rotatable bonds is 8. The number of carbonyl (C=O) groups excluding carboxylic acids is 1. The predicted molar refractivity (Wildman–Crippen MR) is 93.2 cm³/mol. The smallest absolute Gasteiger partial charge is 0.226 e. The molecule has 1 aromatic heterocycles. The van der Waals surface area contributed by atoms with E-state index >= 15 is 0 Å². The summed E-state index contributed by atoms with van der Waals surface area (Å²) in [5, 5.41) is 14.4. The molecule has 0 aliphatic heterocycles. The summed E-state index contributed by atoms with van der Waals surface area (Å²) < 4.78 is 1.76. The van der Waals surface area contributed by atoms with Crippen LogP contribution in [0.4, 0.5) is 0 Å². The molecule has 1 aromatic carbocycles. The van der Waals surface area contributed by atoms with E-state index in [4.69, 9.17) is 0 Å². The Labute approximate surface area is 143 Å². The number of hydrogen-bond acceptors (Lipinski definition) is 4. The van der Waals surface area contributed by atoms with Crippen LogP contribution < -0.4 is 10.6 Å². The molecule has 23 heavy (non-hydrogen) atoms. The number of nitrogens with one attached hydrogen (secondary N) is 2. The zero-order chi connectivity index (χ0) is 15.8. The van der Waals surface area contributed by atoms with Crippen molar-refractivity contribution in [2.45, 2.75) is 26.7 Å². The van der Waals surface area contributed by atoms with Crippen molar-refractivity contribution in [3.8, 4) is 5.69 Å². The highest BCUT2D eigenvalue weighted by molar-refractivity contribution is 5.85. The third-order valence-corrected chi connectivity index (χ3v) is 3.37. The molecule has 0 unspecified atom stereocenters. The van der Waals surface area contributed by atoms with Gasteiger partial charge >= 0.3 is 0 Å². The monoisotopic (exact) mass is 337 g/mol. The highest BCUT2D eigenvalue weighted by atomic mass is 35.5. The topological polar surface area (TPSA) is 71.8 Å². The molecule has 0 saturated carbocycles. The molecule has 0 radical (unpaired) electrons. The number of halogens is 1. The summed E-state index contributed by atoms with van der Waals surface area (Å²) in [5.74, 6) is -0.0264. The molecule has 2 aromatic rings. The van der Waals surface area contributed by atoms with Crippen molar-refractivity contribution in [2.75, 3.05) is 19.6 Å². The fourth-order valence-electron chi connectivity index (χ4n) is 2.14. The van der Waals surface area contributed by atoms with E-state index in [2.05, 4.69) is 27.9 Å². The van der Waals surface area contributed by atoms with E-state index in [1.807, 2.05) is 37.3 Å². The van der Waals surface area contributed by atoms with Gasteiger partial charge in [-0.15, -0.1) is 17.5 Å². The molecule has 2 N–H and O–H groups in total. The van der Waals surface area contributed by atoms with Crippen LogP contribution in [0.15, 0.2) is 30.3 Å². The van der Waals surface area contributed by atoms with Gasteiger partial charge in [-0.3, -0.25) is 4.79 Å². The normalized spacial score (nSPS) is 10.2. The number of hydrogen-bond donors (Lipinski definition) is 2. The molecule has 6 nitrogen and oxygen atoms in total. The lowest BCUT2D eigenvalue weighted by molar-refractivity contribution is -0.120. The standard InChI is InChI=1S/C16H23N5O.ClH/c1-3-9-17-10-11-18-16(22)12-15-13(2)21(20-19-15)14-7-5-4-6-8-14;/h4-8,17H,3,9-12H2,1-2H3,(H,18,22);1H. The van der Waals surface area contributed by atoms with Gasteiger partial charge in [0.15, 0.2) is 0 Å². The summed E-state index contributed by atoms with van der Waals surface area (Å²) in [7, 11) is 0. The van der Waals surface area contributed by atoms with Crippen LogP contribution in [0.25, 0.3) is 5.69 Å². The first-order valence-corrected chi connectivity index (χ1v) is 7.66. The number of carbonyl (C=O) groups is 1. The third kappa shape index (κ3) is 5.65. The first kappa shape index (κ1) is 19.1. The van der Waals surface area contributed by atoms with Crippen molar-refractivity contribution in [1.82, 2.24) is 25.6 Å². The Bertz CT molecular complexity index is 600. The minimum absolute atomic E-state index is 0. The van der Waals surface area contributed by atoms with Gasteiger partial charge in [-0.05, 0) is 32.0 Å². The Morgan fingerprint density at radius 1 is 1.17 bits per heavy atom. The highest BCUT2D eigenvalue weighted by Crippen LogP contribution is 2.11. The van der Waals surface area contributed by atoms with Crippen molar-refractivity contribution in [3.05, 3.63) is 41.7 Å². The minimum atomic E-state index is -0.0264. The average Bonchev–Trinajstić information content (AvgIpc) is 2.89. The number of amides is 1. The van der Waals surface area contributed by atoms with Crippen LogP contribution in [0.1, 0.15) is 24.7 Å². The van der Waals surface area contributed by atoms with Gasteiger partial charge in [0.1, 0.15) is 0 Å². The van der Waals surface area contributed by atoms with E-state index in [1.165, 1.54) is 0 Å². The highest BCUT2D eigenvalue weighted by Gasteiger charge is 2.13. The van der Waals surface area contributed by atoms with Crippen LogP contribution in [0.3, 0.4) is 0 Å². The Balaban J connectivity index is 0.00000264. The summed E-state index contributed by atoms with van der Waals surface area (Å²) in [6.07, 6.45) is 1.35. The molecule has 1 heterocycles. The minimum Gasteiger partial charge on any atom is -0.354 e. The summed E-state index contributed by atoms with van der Waals surface area (Å²) >= 11 is 0. The lowest BCUT2D eigenvalue weighted by atomic mass is 10.2. The second-order valence-corrected chi connectivity index (χ2v) is 5.15.